The molecular weight excluding hydrogens is 280 g/mol. The normalized spacial score (nSPS) is 12.0. The summed E-state index contributed by atoms with van der Waals surface area (Å²) in [5.41, 5.74) is 6.71. The molecule has 1 aromatic carbocycles. The van der Waals surface area contributed by atoms with Crippen LogP contribution < -0.4 is 5.73 Å². The fourth-order valence-electron chi connectivity index (χ4n) is 2.34. The van der Waals surface area contributed by atoms with Crippen molar-refractivity contribution in [3.8, 4) is 5.95 Å². The first-order chi connectivity index (χ1) is 10.7. The maximum absolute atomic E-state index is 11.6. The third kappa shape index (κ3) is 2.44. The third-order valence-corrected chi connectivity index (χ3v) is 3.40. The predicted octanol–water partition coefficient (Wildman–Crippen LogP) is 1.31. The Morgan fingerprint density at radius 2 is 1.86 bits per heavy atom. The van der Waals surface area contributed by atoms with E-state index in [0.29, 0.717) is 17.3 Å². The number of benzene rings is 1. The van der Waals surface area contributed by atoms with E-state index in [-0.39, 0.29) is 5.92 Å². The molecule has 0 saturated carbocycles. The van der Waals surface area contributed by atoms with Crippen LogP contribution in [0.2, 0.25) is 0 Å². The molecular formula is C15H14N6O. The van der Waals surface area contributed by atoms with Crippen LogP contribution in [-0.2, 0) is 0 Å². The highest BCUT2D eigenvalue weighted by molar-refractivity contribution is 5.94. The Bertz CT molecular complexity index is 799. The van der Waals surface area contributed by atoms with Crippen molar-refractivity contribution in [1.29, 1.82) is 0 Å². The molecule has 1 atom stereocenters. The number of hydrogen-bond acceptors (Lipinski definition) is 5. The molecule has 0 aliphatic carbocycles. The van der Waals surface area contributed by atoms with E-state index in [1.165, 1.54) is 6.33 Å². The van der Waals surface area contributed by atoms with Gasteiger partial charge in [-0.05, 0) is 17.7 Å². The summed E-state index contributed by atoms with van der Waals surface area (Å²) in [6, 6.07) is 8.93. The van der Waals surface area contributed by atoms with E-state index in [1.54, 1.807) is 35.3 Å². The monoisotopic (exact) mass is 294 g/mol. The van der Waals surface area contributed by atoms with Crippen molar-refractivity contribution in [2.75, 3.05) is 0 Å². The summed E-state index contributed by atoms with van der Waals surface area (Å²) >= 11 is 0. The summed E-state index contributed by atoms with van der Waals surface area (Å²) in [4.78, 5) is 24.2. The molecule has 1 amide bonds. The molecule has 7 nitrogen and oxygen atoms in total. The molecule has 0 spiro atoms. The van der Waals surface area contributed by atoms with E-state index < -0.39 is 5.91 Å². The minimum Gasteiger partial charge on any atom is -0.366 e. The number of nitrogens with two attached hydrogens (primary N) is 1. The Labute approximate surface area is 126 Å². The summed E-state index contributed by atoms with van der Waals surface area (Å²) in [5, 5.41) is 4.17. The molecule has 0 bridgehead atoms. The fourth-order valence-corrected chi connectivity index (χ4v) is 2.34. The van der Waals surface area contributed by atoms with Gasteiger partial charge in [-0.2, -0.15) is 9.78 Å². The number of rotatable bonds is 4. The molecule has 2 N–H and O–H groups in total. The molecule has 2 heterocycles. The number of nitrogens with zero attached hydrogens (tertiary/aromatic N) is 5. The molecule has 0 fully saturated rings. The lowest BCUT2D eigenvalue weighted by Gasteiger charge is -2.14. The first-order valence-electron chi connectivity index (χ1n) is 6.74. The van der Waals surface area contributed by atoms with Crippen molar-refractivity contribution < 1.29 is 4.79 Å². The van der Waals surface area contributed by atoms with Gasteiger partial charge >= 0.3 is 0 Å². The molecule has 3 aromatic rings. The number of carbonyl (C=O) groups is 1. The van der Waals surface area contributed by atoms with Crippen LogP contribution in [-0.4, -0.2) is 30.6 Å². The van der Waals surface area contributed by atoms with Crippen LogP contribution >= 0.6 is 0 Å². The number of aromatic nitrogens is 5. The Hall–Kier alpha value is -3.09. The average molecular weight is 294 g/mol. The largest absolute Gasteiger partial charge is 0.366 e. The number of primary amides is 1. The standard InChI is InChI=1S/C15H14N6O/c1-10(11-5-2-3-6-12(11)13(16)22)14-19-9-20-21(14)15-17-7-4-8-18-15/h2-10H,1H3,(H2,16,22). The second-order valence-electron chi connectivity index (χ2n) is 4.75. The van der Waals surface area contributed by atoms with Crippen molar-refractivity contribution in [2.45, 2.75) is 12.8 Å². The predicted molar refractivity (Wildman–Crippen MR) is 79.4 cm³/mol. The highest BCUT2D eigenvalue weighted by Gasteiger charge is 2.21. The lowest BCUT2D eigenvalue weighted by Crippen LogP contribution is -2.17. The van der Waals surface area contributed by atoms with Crippen molar-refractivity contribution in [3.05, 3.63) is 66.0 Å². The Kier molecular flexibility index (Phi) is 3.61. The highest BCUT2D eigenvalue weighted by atomic mass is 16.1. The Morgan fingerprint density at radius 3 is 2.59 bits per heavy atom. The van der Waals surface area contributed by atoms with Crippen LogP contribution in [0.4, 0.5) is 0 Å². The molecule has 7 heteroatoms. The molecule has 22 heavy (non-hydrogen) atoms. The summed E-state index contributed by atoms with van der Waals surface area (Å²) in [7, 11) is 0. The first-order valence-corrected chi connectivity index (χ1v) is 6.74. The summed E-state index contributed by atoms with van der Waals surface area (Å²) in [6.07, 6.45) is 4.71. The lowest BCUT2D eigenvalue weighted by atomic mass is 9.94. The second-order valence-corrected chi connectivity index (χ2v) is 4.75. The molecule has 0 aliphatic rings. The molecule has 2 aromatic heterocycles. The van der Waals surface area contributed by atoms with E-state index in [1.807, 2.05) is 19.1 Å². The van der Waals surface area contributed by atoms with Crippen LogP contribution in [0.3, 0.4) is 0 Å². The summed E-state index contributed by atoms with van der Waals surface area (Å²) in [5.74, 6) is 0.415. The minimum atomic E-state index is -0.468. The van der Waals surface area contributed by atoms with Crippen LogP contribution in [0, 0.1) is 0 Å². The number of carbonyl (C=O) groups excluding carboxylic acids is 1. The first kappa shape index (κ1) is 13.9. The van der Waals surface area contributed by atoms with E-state index in [4.69, 9.17) is 5.73 Å². The molecule has 1 unspecified atom stereocenters. The zero-order valence-corrected chi connectivity index (χ0v) is 11.9. The van der Waals surface area contributed by atoms with Gasteiger partial charge in [-0.3, -0.25) is 4.79 Å². The quantitative estimate of drug-likeness (QED) is 0.782. The maximum atomic E-state index is 11.6. The van der Waals surface area contributed by atoms with E-state index in [0.717, 1.165) is 5.56 Å². The topological polar surface area (TPSA) is 99.6 Å². The minimum absolute atomic E-state index is 0.185. The molecule has 0 radical (unpaired) electrons. The van der Waals surface area contributed by atoms with Crippen molar-refractivity contribution in [2.24, 2.45) is 5.73 Å². The van der Waals surface area contributed by atoms with Gasteiger partial charge in [0, 0.05) is 23.9 Å². The van der Waals surface area contributed by atoms with Gasteiger partial charge < -0.3 is 5.73 Å². The SMILES string of the molecule is CC(c1ccccc1C(N)=O)c1ncnn1-c1ncccn1. The van der Waals surface area contributed by atoms with E-state index in [2.05, 4.69) is 20.1 Å². The van der Waals surface area contributed by atoms with Gasteiger partial charge in [0.2, 0.25) is 5.91 Å². The Morgan fingerprint density at radius 1 is 1.14 bits per heavy atom. The van der Waals surface area contributed by atoms with Gasteiger partial charge in [-0.15, -0.1) is 0 Å². The molecule has 0 aliphatic heterocycles. The zero-order valence-electron chi connectivity index (χ0n) is 11.9. The van der Waals surface area contributed by atoms with Crippen LogP contribution in [0.15, 0.2) is 49.1 Å². The van der Waals surface area contributed by atoms with Gasteiger partial charge in [0.1, 0.15) is 12.2 Å². The average Bonchev–Trinajstić information content (AvgIpc) is 3.04. The number of amides is 1. The molecule has 0 saturated heterocycles. The van der Waals surface area contributed by atoms with E-state index >= 15 is 0 Å². The van der Waals surface area contributed by atoms with Gasteiger partial charge in [0.15, 0.2) is 0 Å². The lowest BCUT2D eigenvalue weighted by molar-refractivity contribution is 0.0999. The van der Waals surface area contributed by atoms with Crippen LogP contribution in [0.5, 0.6) is 0 Å². The highest BCUT2D eigenvalue weighted by Crippen LogP contribution is 2.26. The summed E-state index contributed by atoms with van der Waals surface area (Å²) in [6.45, 7) is 1.94. The number of hydrogen-bond donors (Lipinski definition) is 1. The van der Waals surface area contributed by atoms with Gasteiger partial charge in [-0.25, -0.2) is 15.0 Å². The Balaban J connectivity index is 2.07. The maximum Gasteiger partial charge on any atom is 0.252 e. The molecule has 110 valence electrons. The fraction of sp³-hybridized carbons (Fsp3) is 0.133. The van der Waals surface area contributed by atoms with Crippen molar-refractivity contribution >= 4 is 5.91 Å². The zero-order chi connectivity index (χ0) is 15.5. The van der Waals surface area contributed by atoms with E-state index in [9.17, 15) is 4.79 Å². The smallest absolute Gasteiger partial charge is 0.252 e. The van der Waals surface area contributed by atoms with Crippen LogP contribution in [0.25, 0.3) is 5.95 Å². The van der Waals surface area contributed by atoms with Gasteiger partial charge in [0.25, 0.3) is 5.95 Å². The van der Waals surface area contributed by atoms with Crippen LogP contribution in [0.1, 0.15) is 34.6 Å². The molecule has 3 rings (SSSR count). The second kappa shape index (κ2) is 5.72. The van der Waals surface area contributed by atoms with Gasteiger partial charge in [-0.1, -0.05) is 25.1 Å². The van der Waals surface area contributed by atoms with Gasteiger partial charge in [0.05, 0.1) is 0 Å². The third-order valence-electron chi connectivity index (χ3n) is 3.40. The van der Waals surface area contributed by atoms with Crippen molar-refractivity contribution in [1.82, 2.24) is 24.7 Å². The van der Waals surface area contributed by atoms with Crippen molar-refractivity contribution in [3.63, 3.8) is 0 Å². The summed E-state index contributed by atoms with van der Waals surface area (Å²) < 4.78 is 1.56.